The minimum Gasteiger partial charge on any atom is -0.482 e. The predicted octanol–water partition coefficient (Wildman–Crippen LogP) is 3.64. The zero-order valence-corrected chi connectivity index (χ0v) is 16.6. The average molecular weight is 371 g/mol. The van der Waals surface area contributed by atoms with Gasteiger partial charge in [-0.25, -0.2) is 4.79 Å². The summed E-state index contributed by atoms with van der Waals surface area (Å²) in [6.07, 6.45) is -0.989. The molecule has 0 saturated carbocycles. The second-order valence-electron chi connectivity index (χ2n) is 6.79. The Morgan fingerprint density at radius 2 is 1.63 bits per heavy atom. The van der Waals surface area contributed by atoms with Crippen molar-refractivity contribution >= 4 is 17.5 Å². The topological polar surface area (TPSA) is 85.5 Å². The number of aromatic nitrogens is 1. The van der Waals surface area contributed by atoms with Gasteiger partial charge in [-0.2, -0.15) is 0 Å². The maximum atomic E-state index is 12.6. The number of Topliss-reactive ketones (excluding diaryl/α,β-unsaturated/α-hetero) is 2. The summed E-state index contributed by atoms with van der Waals surface area (Å²) in [6, 6.07) is 5.65. The van der Waals surface area contributed by atoms with Gasteiger partial charge in [0, 0.05) is 11.3 Å². The molecule has 1 atom stereocenters. The fourth-order valence-corrected chi connectivity index (χ4v) is 3.17. The number of carbonyl (C=O) groups is 3. The Labute approximate surface area is 158 Å². The Bertz CT molecular complexity index is 874. The Morgan fingerprint density at radius 3 is 2.15 bits per heavy atom. The van der Waals surface area contributed by atoms with Crippen molar-refractivity contribution in [3.8, 4) is 5.75 Å². The van der Waals surface area contributed by atoms with Gasteiger partial charge in [-0.1, -0.05) is 6.07 Å². The van der Waals surface area contributed by atoms with E-state index in [-0.39, 0.29) is 23.9 Å². The van der Waals surface area contributed by atoms with Crippen LogP contribution in [0.5, 0.6) is 5.75 Å². The number of aryl methyl sites for hydroxylation is 3. The highest BCUT2D eigenvalue weighted by Crippen LogP contribution is 2.21. The van der Waals surface area contributed by atoms with Gasteiger partial charge in [0.2, 0.25) is 5.78 Å². The maximum absolute atomic E-state index is 12.6. The van der Waals surface area contributed by atoms with E-state index in [1.807, 2.05) is 32.0 Å². The molecule has 1 aromatic carbocycles. The quantitative estimate of drug-likeness (QED) is 0.593. The Kier molecular flexibility index (Phi) is 6.20. The van der Waals surface area contributed by atoms with E-state index in [1.165, 1.54) is 13.8 Å². The van der Waals surface area contributed by atoms with E-state index in [0.29, 0.717) is 22.6 Å². The maximum Gasteiger partial charge on any atom is 0.344 e. The lowest BCUT2D eigenvalue weighted by Gasteiger charge is -2.13. The summed E-state index contributed by atoms with van der Waals surface area (Å²) in [5.41, 5.74) is 4.03. The van der Waals surface area contributed by atoms with Gasteiger partial charge in [-0.15, -0.1) is 0 Å². The molecule has 0 aliphatic carbocycles. The lowest BCUT2D eigenvalue weighted by atomic mass is 10.0. The predicted molar refractivity (Wildman–Crippen MR) is 102 cm³/mol. The van der Waals surface area contributed by atoms with Gasteiger partial charge in [0.15, 0.2) is 18.5 Å². The van der Waals surface area contributed by atoms with E-state index < -0.39 is 12.1 Å². The van der Waals surface area contributed by atoms with Crippen molar-refractivity contribution in [1.82, 2.24) is 4.98 Å². The number of ether oxygens (including phenoxy) is 2. The molecule has 27 heavy (non-hydrogen) atoms. The van der Waals surface area contributed by atoms with Crippen LogP contribution in [0.4, 0.5) is 0 Å². The van der Waals surface area contributed by atoms with E-state index >= 15 is 0 Å². The lowest BCUT2D eigenvalue weighted by Crippen LogP contribution is -2.28. The number of rotatable bonds is 7. The first-order valence-electron chi connectivity index (χ1n) is 8.75. The molecule has 0 aliphatic heterocycles. The van der Waals surface area contributed by atoms with Crippen molar-refractivity contribution in [3.05, 3.63) is 51.8 Å². The fourth-order valence-electron chi connectivity index (χ4n) is 3.17. The Hall–Kier alpha value is -2.89. The minimum atomic E-state index is -0.989. The van der Waals surface area contributed by atoms with Crippen LogP contribution in [0.2, 0.25) is 0 Å². The van der Waals surface area contributed by atoms with Crippen LogP contribution in [0.25, 0.3) is 0 Å². The number of H-pyrrole nitrogens is 1. The van der Waals surface area contributed by atoms with Crippen LogP contribution in [0, 0.1) is 27.7 Å². The van der Waals surface area contributed by atoms with Gasteiger partial charge in [-0.05, 0) is 70.4 Å². The van der Waals surface area contributed by atoms with Gasteiger partial charge in [0.05, 0.1) is 5.69 Å². The smallest absolute Gasteiger partial charge is 0.344 e. The van der Waals surface area contributed by atoms with Crippen molar-refractivity contribution in [2.24, 2.45) is 0 Å². The molecule has 0 unspecified atom stereocenters. The van der Waals surface area contributed by atoms with Gasteiger partial charge in [-0.3, -0.25) is 9.59 Å². The summed E-state index contributed by atoms with van der Waals surface area (Å²) in [4.78, 5) is 39.3. The largest absolute Gasteiger partial charge is 0.482 e. The van der Waals surface area contributed by atoms with Crippen LogP contribution in [0.3, 0.4) is 0 Å². The molecule has 6 heteroatoms. The second-order valence-corrected chi connectivity index (χ2v) is 6.79. The van der Waals surface area contributed by atoms with E-state index in [2.05, 4.69) is 4.98 Å². The summed E-state index contributed by atoms with van der Waals surface area (Å²) in [5, 5.41) is 0. The number of nitrogens with one attached hydrogen (secondary N) is 1. The van der Waals surface area contributed by atoms with E-state index in [9.17, 15) is 14.4 Å². The molecule has 0 amide bonds. The third-order valence-corrected chi connectivity index (χ3v) is 4.27. The number of aromatic amines is 1. The molecular formula is C21H25NO5. The molecule has 1 heterocycles. The summed E-state index contributed by atoms with van der Waals surface area (Å²) in [6.45, 7) is 9.97. The number of hydrogen-bond donors (Lipinski definition) is 1. The van der Waals surface area contributed by atoms with Crippen molar-refractivity contribution in [2.75, 3.05) is 6.61 Å². The average Bonchev–Trinajstić information content (AvgIpc) is 2.85. The number of esters is 1. The van der Waals surface area contributed by atoms with Crippen LogP contribution in [0.1, 0.15) is 57.1 Å². The molecule has 1 aromatic heterocycles. The molecule has 1 N–H and O–H groups in total. The van der Waals surface area contributed by atoms with Gasteiger partial charge in [0.25, 0.3) is 0 Å². The van der Waals surface area contributed by atoms with Crippen LogP contribution in [-0.2, 0) is 9.53 Å². The lowest BCUT2D eigenvalue weighted by molar-refractivity contribution is -0.148. The molecule has 2 rings (SSSR count). The molecule has 144 valence electrons. The van der Waals surface area contributed by atoms with Gasteiger partial charge < -0.3 is 14.5 Å². The SMILES string of the molecule is CC(=O)c1c(C)[nH]c(C(=O)[C@@H](C)OC(=O)COc2cc(C)cc(C)c2)c1C. The van der Waals surface area contributed by atoms with Crippen LogP contribution in [0.15, 0.2) is 18.2 Å². The molecular weight excluding hydrogens is 346 g/mol. The van der Waals surface area contributed by atoms with Gasteiger partial charge >= 0.3 is 5.97 Å². The first-order valence-corrected chi connectivity index (χ1v) is 8.75. The second kappa shape index (κ2) is 8.20. The molecule has 0 spiro atoms. The molecule has 6 nitrogen and oxygen atoms in total. The Balaban J connectivity index is 2.00. The number of benzene rings is 1. The third kappa shape index (κ3) is 4.84. The highest BCUT2D eigenvalue weighted by molar-refractivity contribution is 6.05. The molecule has 0 aliphatic rings. The third-order valence-electron chi connectivity index (χ3n) is 4.27. The van der Waals surface area contributed by atoms with E-state index in [0.717, 1.165) is 11.1 Å². The highest BCUT2D eigenvalue weighted by Gasteiger charge is 2.26. The van der Waals surface area contributed by atoms with E-state index in [4.69, 9.17) is 9.47 Å². The molecule has 0 radical (unpaired) electrons. The molecule has 0 saturated heterocycles. The highest BCUT2D eigenvalue weighted by atomic mass is 16.6. The minimum absolute atomic E-state index is 0.119. The monoisotopic (exact) mass is 371 g/mol. The van der Waals surface area contributed by atoms with Crippen LogP contribution in [-0.4, -0.2) is 35.2 Å². The normalized spacial score (nSPS) is 11.8. The first-order chi connectivity index (χ1) is 12.6. The van der Waals surface area contributed by atoms with Crippen LogP contribution < -0.4 is 4.74 Å². The van der Waals surface area contributed by atoms with Crippen molar-refractivity contribution in [2.45, 2.75) is 47.6 Å². The molecule has 0 fully saturated rings. The Morgan fingerprint density at radius 1 is 1.04 bits per heavy atom. The van der Waals surface area contributed by atoms with Crippen molar-refractivity contribution in [3.63, 3.8) is 0 Å². The van der Waals surface area contributed by atoms with E-state index in [1.54, 1.807) is 13.8 Å². The fraction of sp³-hybridized carbons (Fsp3) is 0.381. The van der Waals surface area contributed by atoms with Gasteiger partial charge in [0.1, 0.15) is 5.75 Å². The van der Waals surface area contributed by atoms with Crippen molar-refractivity contribution in [1.29, 1.82) is 0 Å². The van der Waals surface area contributed by atoms with Crippen LogP contribution >= 0.6 is 0 Å². The summed E-state index contributed by atoms with van der Waals surface area (Å²) in [5.74, 6) is -0.567. The molecule has 2 aromatic rings. The number of hydrogen-bond acceptors (Lipinski definition) is 5. The molecule has 0 bridgehead atoms. The summed E-state index contributed by atoms with van der Waals surface area (Å²) >= 11 is 0. The number of ketones is 2. The zero-order chi connectivity index (χ0) is 20.3. The first kappa shape index (κ1) is 20.4. The van der Waals surface area contributed by atoms with Crippen molar-refractivity contribution < 1.29 is 23.9 Å². The summed E-state index contributed by atoms with van der Waals surface area (Å²) in [7, 11) is 0. The number of carbonyl (C=O) groups excluding carboxylic acids is 3. The summed E-state index contributed by atoms with van der Waals surface area (Å²) < 4.78 is 10.7. The standard InChI is InChI=1S/C21H25NO5/c1-11-7-12(2)9-17(8-11)26-10-18(24)27-16(6)21(25)20-13(3)19(15(5)23)14(4)22-20/h7-9,16,22H,10H2,1-6H3/t16-/m1/s1. The zero-order valence-electron chi connectivity index (χ0n) is 16.6.